The predicted molar refractivity (Wildman–Crippen MR) is 134 cm³/mol. The van der Waals surface area contributed by atoms with Crippen molar-refractivity contribution in [2.75, 3.05) is 23.5 Å². The summed E-state index contributed by atoms with van der Waals surface area (Å²) in [6.45, 7) is 1.97. The zero-order valence-corrected chi connectivity index (χ0v) is 21.0. The predicted octanol–water partition coefficient (Wildman–Crippen LogP) is 5.14. The smallest absolute Gasteiger partial charge is 0.414 e. The van der Waals surface area contributed by atoms with Crippen LogP contribution in [0, 0.1) is 5.82 Å². The number of methoxy groups -OCH3 is 1. The molecule has 1 aromatic heterocycles. The Morgan fingerprint density at radius 1 is 1.14 bits per heavy atom. The number of hydrogen-bond donors (Lipinski definition) is 0. The van der Waals surface area contributed by atoms with Crippen LogP contribution in [0.5, 0.6) is 11.5 Å². The number of halogens is 1. The van der Waals surface area contributed by atoms with Gasteiger partial charge in [0.2, 0.25) is 0 Å². The van der Waals surface area contributed by atoms with Crippen molar-refractivity contribution in [2.24, 2.45) is 0 Å². The van der Waals surface area contributed by atoms with E-state index in [-0.39, 0.29) is 29.4 Å². The molecule has 2 aromatic carbocycles. The minimum absolute atomic E-state index is 0.0505. The molecule has 1 amide bonds. The maximum absolute atomic E-state index is 13.5. The molecular weight excluding hydrogens is 485 g/mol. The molecule has 0 N–H and O–H groups in total. The van der Waals surface area contributed by atoms with Crippen molar-refractivity contribution < 1.29 is 27.1 Å². The average molecular weight is 514 g/mol. The SMILES string of the molecule is COC(=O)N1c2ccc(-c3cnn(C4CCCS(=O)(=O)C4)c3)c(Oc3ccc(F)cc3)c2CC[C@@H]1C. The van der Waals surface area contributed by atoms with Gasteiger partial charge in [0.1, 0.15) is 17.3 Å². The van der Waals surface area contributed by atoms with Crippen molar-refractivity contribution in [3.05, 3.63) is 60.2 Å². The first-order valence-corrected chi connectivity index (χ1v) is 13.8. The highest BCUT2D eigenvalue weighted by Crippen LogP contribution is 2.45. The van der Waals surface area contributed by atoms with Gasteiger partial charge in [-0.25, -0.2) is 17.6 Å². The van der Waals surface area contributed by atoms with Crippen LogP contribution < -0.4 is 9.64 Å². The third kappa shape index (κ3) is 4.69. The average Bonchev–Trinajstić information content (AvgIpc) is 3.34. The maximum atomic E-state index is 13.5. The molecule has 1 unspecified atom stereocenters. The Morgan fingerprint density at radius 2 is 1.92 bits per heavy atom. The Hall–Kier alpha value is -3.40. The van der Waals surface area contributed by atoms with Gasteiger partial charge >= 0.3 is 6.09 Å². The molecule has 0 bridgehead atoms. The van der Waals surface area contributed by atoms with Crippen LogP contribution in [0.3, 0.4) is 0 Å². The number of sulfone groups is 1. The molecule has 3 heterocycles. The van der Waals surface area contributed by atoms with E-state index in [9.17, 15) is 17.6 Å². The Labute approximate surface area is 209 Å². The molecule has 0 spiro atoms. The van der Waals surface area contributed by atoms with Crippen molar-refractivity contribution >= 4 is 21.6 Å². The van der Waals surface area contributed by atoms with Gasteiger partial charge in [0.25, 0.3) is 0 Å². The fourth-order valence-corrected chi connectivity index (χ4v) is 6.71. The Kier molecular flexibility index (Phi) is 6.46. The number of aromatic nitrogens is 2. The molecule has 1 fully saturated rings. The lowest BCUT2D eigenvalue weighted by Crippen LogP contribution is -2.42. The van der Waals surface area contributed by atoms with Gasteiger partial charge in [-0.05, 0) is 69.0 Å². The lowest BCUT2D eigenvalue weighted by molar-refractivity contribution is 0.175. The molecule has 2 atom stereocenters. The normalized spacial score (nSPS) is 21.0. The summed E-state index contributed by atoms with van der Waals surface area (Å²) in [6, 6.07) is 9.24. The third-order valence-corrected chi connectivity index (χ3v) is 8.68. The van der Waals surface area contributed by atoms with Crippen molar-refractivity contribution in [3.8, 4) is 22.6 Å². The van der Waals surface area contributed by atoms with Crippen LogP contribution in [0.25, 0.3) is 11.1 Å². The zero-order valence-electron chi connectivity index (χ0n) is 20.2. The topological polar surface area (TPSA) is 90.7 Å². The fourth-order valence-electron chi connectivity index (χ4n) is 5.03. The largest absolute Gasteiger partial charge is 0.456 e. The van der Waals surface area contributed by atoms with E-state index in [0.717, 1.165) is 23.1 Å². The first kappa shape index (κ1) is 24.3. The van der Waals surface area contributed by atoms with E-state index >= 15 is 0 Å². The molecule has 0 radical (unpaired) electrons. The highest BCUT2D eigenvalue weighted by molar-refractivity contribution is 7.91. The molecule has 0 saturated carbocycles. The van der Waals surface area contributed by atoms with Gasteiger partial charge in [0.05, 0.1) is 36.5 Å². The molecule has 2 aliphatic rings. The van der Waals surface area contributed by atoms with Crippen molar-refractivity contribution in [1.82, 2.24) is 9.78 Å². The van der Waals surface area contributed by atoms with Gasteiger partial charge in [-0.15, -0.1) is 0 Å². The van der Waals surface area contributed by atoms with Crippen LogP contribution in [0.15, 0.2) is 48.8 Å². The van der Waals surface area contributed by atoms with E-state index in [1.165, 1.54) is 19.2 Å². The highest BCUT2D eigenvalue weighted by atomic mass is 32.2. The number of amides is 1. The van der Waals surface area contributed by atoms with Gasteiger partial charge in [-0.1, -0.05) is 0 Å². The number of rotatable bonds is 4. The van der Waals surface area contributed by atoms with E-state index in [2.05, 4.69) is 5.10 Å². The Balaban J connectivity index is 1.59. The van der Waals surface area contributed by atoms with E-state index in [1.54, 1.807) is 27.9 Å². The number of carbonyl (C=O) groups excluding carboxylic acids is 1. The monoisotopic (exact) mass is 513 g/mol. The summed E-state index contributed by atoms with van der Waals surface area (Å²) in [5.41, 5.74) is 3.06. The number of anilines is 1. The summed E-state index contributed by atoms with van der Waals surface area (Å²) in [5, 5.41) is 4.48. The van der Waals surface area contributed by atoms with Crippen LogP contribution in [0.2, 0.25) is 0 Å². The van der Waals surface area contributed by atoms with Gasteiger partial charge < -0.3 is 9.47 Å². The summed E-state index contributed by atoms with van der Waals surface area (Å²) in [6.07, 6.45) is 5.83. The summed E-state index contributed by atoms with van der Waals surface area (Å²) >= 11 is 0. The minimum atomic E-state index is -3.09. The fraction of sp³-hybridized carbons (Fsp3) is 0.385. The van der Waals surface area contributed by atoms with Crippen molar-refractivity contribution in [1.29, 1.82) is 0 Å². The van der Waals surface area contributed by atoms with E-state index in [0.29, 0.717) is 36.4 Å². The molecule has 190 valence electrons. The van der Waals surface area contributed by atoms with Gasteiger partial charge in [-0.2, -0.15) is 5.10 Å². The van der Waals surface area contributed by atoms with E-state index in [4.69, 9.17) is 9.47 Å². The molecule has 5 rings (SSSR count). The first-order chi connectivity index (χ1) is 17.3. The second kappa shape index (κ2) is 9.57. The van der Waals surface area contributed by atoms with E-state index in [1.807, 2.05) is 25.3 Å². The quantitative estimate of drug-likeness (QED) is 0.480. The van der Waals surface area contributed by atoms with Gasteiger partial charge in [0, 0.05) is 28.9 Å². The van der Waals surface area contributed by atoms with E-state index < -0.39 is 15.9 Å². The number of ether oxygens (including phenoxy) is 2. The molecule has 0 aliphatic carbocycles. The molecule has 1 saturated heterocycles. The highest BCUT2D eigenvalue weighted by Gasteiger charge is 2.33. The van der Waals surface area contributed by atoms with Crippen molar-refractivity contribution in [3.63, 3.8) is 0 Å². The third-order valence-electron chi connectivity index (χ3n) is 6.88. The van der Waals surface area contributed by atoms with Gasteiger partial charge in [-0.3, -0.25) is 9.58 Å². The second-order valence-electron chi connectivity index (χ2n) is 9.34. The van der Waals surface area contributed by atoms with Crippen LogP contribution in [-0.4, -0.2) is 48.9 Å². The Bertz CT molecular complexity index is 1390. The van der Waals surface area contributed by atoms with Gasteiger partial charge in [0.15, 0.2) is 9.84 Å². The summed E-state index contributed by atoms with van der Waals surface area (Å²) in [7, 11) is -1.73. The second-order valence-corrected chi connectivity index (χ2v) is 11.6. The number of carbonyl (C=O) groups is 1. The summed E-state index contributed by atoms with van der Waals surface area (Å²) < 4.78 is 50.9. The molecule has 10 heteroatoms. The Morgan fingerprint density at radius 3 is 2.64 bits per heavy atom. The molecular formula is C26H28FN3O5S. The lowest BCUT2D eigenvalue weighted by atomic mass is 9.92. The molecule has 8 nitrogen and oxygen atoms in total. The van der Waals surface area contributed by atoms with Crippen LogP contribution in [0.4, 0.5) is 14.9 Å². The molecule has 3 aromatic rings. The number of nitrogens with zero attached hydrogens (tertiary/aromatic N) is 3. The van der Waals surface area contributed by atoms with Crippen molar-refractivity contribution in [2.45, 2.75) is 44.7 Å². The van der Waals surface area contributed by atoms with Crippen LogP contribution in [0.1, 0.15) is 37.8 Å². The molecule has 36 heavy (non-hydrogen) atoms. The minimum Gasteiger partial charge on any atom is -0.456 e. The summed E-state index contributed by atoms with van der Waals surface area (Å²) in [4.78, 5) is 14.2. The number of fused-ring (bicyclic) bond motifs is 1. The van der Waals surface area contributed by atoms with Crippen LogP contribution in [-0.2, 0) is 21.0 Å². The first-order valence-electron chi connectivity index (χ1n) is 12.0. The molecule has 2 aliphatic heterocycles. The summed E-state index contributed by atoms with van der Waals surface area (Å²) in [5.74, 6) is 0.930. The maximum Gasteiger partial charge on any atom is 0.414 e. The standard InChI is InChI=1S/C26H28FN3O5S/c1-17-5-10-23-24(30(17)26(31)34-2)12-11-22(25(23)35-21-8-6-19(27)7-9-21)18-14-28-29(15-18)20-4-3-13-36(32,33)16-20/h6-9,11-12,14-15,17,20H,3-5,10,13,16H2,1-2H3/t17-,20?/m0/s1. The number of benzene rings is 2. The number of hydrogen-bond acceptors (Lipinski definition) is 6. The lowest BCUT2D eigenvalue weighted by Gasteiger charge is -2.35. The van der Waals surface area contributed by atoms with Crippen LogP contribution >= 0.6 is 0 Å². The zero-order chi connectivity index (χ0) is 25.4.